The second kappa shape index (κ2) is 7.77. The SMILES string of the molecule is CCc1ccccc1NC(=O)C(=O)NCCN1C(=O)CSC1=O. The third kappa shape index (κ3) is 4.32. The zero-order valence-electron chi connectivity index (χ0n) is 12.6. The molecule has 1 heterocycles. The predicted molar refractivity (Wildman–Crippen MR) is 87.0 cm³/mol. The largest absolute Gasteiger partial charge is 0.346 e. The van der Waals surface area contributed by atoms with E-state index >= 15 is 0 Å². The van der Waals surface area contributed by atoms with Crippen molar-refractivity contribution in [1.82, 2.24) is 10.2 Å². The summed E-state index contributed by atoms with van der Waals surface area (Å²) in [5, 5.41) is 4.63. The van der Waals surface area contributed by atoms with E-state index in [0.29, 0.717) is 5.69 Å². The van der Waals surface area contributed by atoms with Crippen LogP contribution in [0.1, 0.15) is 12.5 Å². The zero-order chi connectivity index (χ0) is 16.8. The van der Waals surface area contributed by atoms with Crippen molar-refractivity contribution in [1.29, 1.82) is 0 Å². The van der Waals surface area contributed by atoms with Gasteiger partial charge >= 0.3 is 11.8 Å². The highest BCUT2D eigenvalue weighted by molar-refractivity contribution is 8.14. The van der Waals surface area contributed by atoms with Gasteiger partial charge in [0.25, 0.3) is 5.24 Å². The van der Waals surface area contributed by atoms with Crippen LogP contribution < -0.4 is 10.6 Å². The molecule has 0 atom stereocenters. The van der Waals surface area contributed by atoms with Crippen LogP contribution in [-0.2, 0) is 20.8 Å². The van der Waals surface area contributed by atoms with Crippen LogP contribution in [0.5, 0.6) is 0 Å². The monoisotopic (exact) mass is 335 g/mol. The minimum absolute atomic E-state index is 0.0414. The van der Waals surface area contributed by atoms with E-state index in [1.807, 2.05) is 19.1 Å². The molecule has 0 saturated carbocycles. The fourth-order valence-electron chi connectivity index (χ4n) is 2.09. The quantitative estimate of drug-likeness (QED) is 0.783. The summed E-state index contributed by atoms with van der Waals surface area (Å²) in [6.45, 7) is 2.06. The summed E-state index contributed by atoms with van der Waals surface area (Å²) >= 11 is 0.930. The molecule has 23 heavy (non-hydrogen) atoms. The van der Waals surface area contributed by atoms with Crippen LogP contribution in [-0.4, -0.2) is 46.7 Å². The van der Waals surface area contributed by atoms with Crippen LogP contribution in [0.2, 0.25) is 0 Å². The number of thioether (sulfide) groups is 1. The molecule has 8 heteroatoms. The number of amides is 4. The molecule has 0 aliphatic carbocycles. The van der Waals surface area contributed by atoms with Crippen LogP contribution in [0.25, 0.3) is 0 Å². The first-order valence-electron chi connectivity index (χ1n) is 7.17. The highest BCUT2D eigenvalue weighted by Crippen LogP contribution is 2.17. The molecule has 122 valence electrons. The van der Waals surface area contributed by atoms with E-state index in [2.05, 4.69) is 10.6 Å². The predicted octanol–water partition coefficient (Wildman–Crippen LogP) is 0.999. The topological polar surface area (TPSA) is 95.6 Å². The van der Waals surface area contributed by atoms with E-state index in [-0.39, 0.29) is 30.0 Å². The summed E-state index contributed by atoms with van der Waals surface area (Å²) in [7, 11) is 0. The molecule has 0 spiro atoms. The Hall–Kier alpha value is -2.35. The third-order valence-electron chi connectivity index (χ3n) is 3.31. The summed E-state index contributed by atoms with van der Waals surface area (Å²) < 4.78 is 0. The molecule has 2 N–H and O–H groups in total. The van der Waals surface area contributed by atoms with Gasteiger partial charge in [-0.25, -0.2) is 0 Å². The molecule has 0 bridgehead atoms. The molecule has 1 fully saturated rings. The normalized spacial score (nSPS) is 14.0. The maximum atomic E-state index is 11.9. The molecule has 0 radical (unpaired) electrons. The number of benzene rings is 1. The molecule has 1 aliphatic heterocycles. The summed E-state index contributed by atoms with van der Waals surface area (Å²) in [4.78, 5) is 47.5. The minimum atomic E-state index is -0.803. The van der Waals surface area contributed by atoms with Gasteiger partial charge in [0.1, 0.15) is 0 Å². The lowest BCUT2D eigenvalue weighted by Gasteiger charge is -2.13. The number of hydrogen-bond acceptors (Lipinski definition) is 5. The number of carbonyl (C=O) groups is 4. The van der Waals surface area contributed by atoms with Gasteiger partial charge in [-0.1, -0.05) is 36.9 Å². The number of para-hydroxylation sites is 1. The summed E-state index contributed by atoms with van der Waals surface area (Å²) in [6, 6.07) is 7.23. The third-order valence-corrected chi connectivity index (χ3v) is 4.17. The lowest BCUT2D eigenvalue weighted by atomic mass is 10.1. The first-order valence-corrected chi connectivity index (χ1v) is 8.15. The molecule has 4 amide bonds. The number of carbonyl (C=O) groups excluding carboxylic acids is 4. The van der Waals surface area contributed by atoms with Gasteiger partial charge in [0.15, 0.2) is 0 Å². The van der Waals surface area contributed by atoms with Gasteiger partial charge in [-0.2, -0.15) is 0 Å². The van der Waals surface area contributed by atoms with Gasteiger partial charge < -0.3 is 10.6 Å². The van der Waals surface area contributed by atoms with Crippen molar-refractivity contribution in [2.45, 2.75) is 13.3 Å². The average Bonchev–Trinajstić information content (AvgIpc) is 2.87. The van der Waals surface area contributed by atoms with Crippen LogP contribution in [0.3, 0.4) is 0 Å². The number of nitrogens with one attached hydrogen (secondary N) is 2. The van der Waals surface area contributed by atoms with Gasteiger partial charge in [0.05, 0.1) is 5.75 Å². The Morgan fingerprint density at radius 3 is 2.61 bits per heavy atom. The molecule has 7 nitrogen and oxygen atoms in total. The minimum Gasteiger partial charge on any atom is -0.346 e. The van der Waals surface area contributed by atoms with Crippen molar-refractivity contribution in [3.63, 3.8) is 0 Å². The Morgan fingerprint density at radius 1 is 1.22 bits per heavy atom. The smallest absolute Gasteiger partial charge is 0.313 e. The Labute approximate surface area is 137 Å². The summed E-state index contributed by atoms with van der Waals surface area (Å²) in [5.41, 5.74) is 1.52. The molecule has 1 aromatic carbocycles. The molecule has 2 rings (SSSR count). The lowest BCUT2D eigenvalue weighted by molar-refractivity contribution is -0.136. The van der Waals surface area contributed by atoms with E-state index in [4.69, 9.17) is 0 Å². The Kier molecular flexibility index (Phi) is 5.75. The summed E-state index contributed by atoms with van der Waals surface area (Å²) in [5.74, 6) is -1.74. The Bertz CT molecular complexity index is 631. The van der Waals surface area contributed by atoms with Crippen molar-refractivity contribution in [3.8, 4) is 0 Å². The molecule has 0 aromatic heterocycles. The Balaban J connectivity index is 1.82. The Morgan fingerprint density at radius 2 is 1.96 bits per heavy atom. The van der Waals surface area contributed by atoms with Gasteiger partial charge in [0.2, 0.25) is 5.91 Å². The fraction of sp³-hybridized carbons (Fsp3) is 0.333. The first-order chi connectivity index (χ1) is 11.0. The molecule has 1 saturated heterocycles. The van der Waals surface area contributed by atoms with Crippen molar-refractivity contribution < 1.29 is 19.2 Å². The van der Waals surface area contributed by atoms with E-state index in [0.717, 1.165) is 28.6 Å². The second-order valence-electron chi connectivity index (χ2n) is 4.82. The average molecular weight is 335 g/mol. The van der Waals surface area contributed by atoms with Crippen LogP contribution in [0.4, 0.5) is 10.5 Å². The lowest BCUT2D eigenvalue weighted by Crippen LogP contribution is -2.41. The van der Waals surface area contributed by atoms with Gasteiger partial charge in [-0.3, -0.25) is 24.1 Å². The van der Waals surface area contributed by atoms with Crippen molar-refractivity contribution in [2.75, 3.05) is 24.2 Å². The highest BCUT2D eigenvalue weighted by Gasteiger charge is 2.29. The first kappa shape index (κ1) is 17.0. The van der Waals surface area contributed by atoms with Crippen molar-refractivity contribution >= 4 is 40.4 Å². The maximum absolute atomic E-state index is 11.9. The number of nitrogens with zero attached hydrogens (tertiary/aromatic N) is 1. The number of aryl methyl sites for hydroxylation is 1. The fourth-order valence-corrected chi connectivity index (χ4v) is 2.84. The number of hydrogen-bond donors (Lipinski definition) is 2. The zero-order valence-corrected chi connectivity index (χ0v) is 13.4. The van der Waals surface area contributed by atoms with E-state index in [1.165, 1.54) is 0 Å². The maximum Gasteiger partial charge on any atom is 0.313 e. The molecule has 1 aliphatic rings. The summed E-state index contributed by atoms with van der Waals surface area (Å²) in [6.07, 6.45) is 0.731. The van der Waals surface area contributed by atoms with E-state index in [1.54, 1.807) is 12.1 Å². The van der Waals surface area contributed by atoms with E-state index < -0.39 is 11.8 Å². The molecular weight excluding hydrogens is 318 g/mol. The van der Waals surface area contributed by atoms with Crippen molar-refractivity contribution in [3.05, 3.63) is 29.8 Å². The molecular formula is C15H17N3O4S. The number of imide groups is 1. The van der Waals surface area contributed by atoms with Crippen LogP contribution >= 0.6 is 11.8 Å². The number of rotatable bonds is 5. The highest BCUT2D eigenvalue weighted by atomic mass is 32.2. The van der Waals surface area contributed by atoms with E-state index in [9.17, 15) is 19.2 Å². The van der Waals surface area contributed by atoms with Crippen LogP contribution in [0.15, 0.2) is 24.3 Å². The van der Waals surface area contributed by atoms with Crippen LogP contribution in [0, 0.1) is 0 Å². The standard InChI is InChI=1S/C15H17N3O4S/c1-2-10-5-3-4-6-11(10)17-14(21)13(20)16-7-8-18-12(19)9-23-15(18)22/h3-6H,2,7-9H2,1H3,(H,16,20)(H,17,21). The van der Waals surface area contributed by atoms with Crippen molar-refractivity contribution in [2.24, 2.45) is 0 Å². The van der Waals surface area contributed by atoms with Gasteiger partial charge in [-0.05, 0) is 18.1 Å². The number of anilines is 1. The second-order valence-corrected chi connectivity index (χ2v) is 5.75. The van der Waals surface area contributed by atoms with Gasteiger partial charge in [0, 0.05) is 18.8 Å². The molecule has 1 aromatic rings. The molecule has 0 unspecified atom stereocenters. The van der Waals surface area contributed by atoms with Gasteiger partial charge in [-0.15, -0.1) is 0 Å².